The van der Waals surface area contributed by atoms with Crippen molar-refractivity contribution >= 4 is 29.9 Å². The second kappa shape index (κ2) is 11.7. The van der Waals surface area contributed by atoms with E-state index < -0.39 is 0 Å². The lowest BCUT2D eigenvalue weighted by Gasteiger charge is -2.26. The molecule has 2 heterocycles. The maximum absolute atomic E-state index is 5.24. The van der Waals surface area contributed by atoms with Crippen molar-refractivity contribution in [3.63, 3.8) is 0 Å². The number of methoxy groups -OCH3 is 1. The molecule has 7 heteroatoms. The van der Waals surface area contributed by atoms with E-state index in [1.54, 1.807) is 7.11 Å². The summed E-state index contributed by atoms with van der Waals surface area (Å²) in [5.41, 5.74) is 0. The highest BCUT2D eigenvalue weighted by atomic mass is 127. The first-order valence-corrected chi connectivity index (χ1v) is 10.2. The molecule has 3 fully saturated rings. The van der Waals surface area contributed by atoms with E-state index >= 15 is 0 Å². The van der Waals surface area contributed by atoms with Gasteiger partial charge in [-0.05, 0) is 38.6 Å². The van der Waals surface area contributed by atoms with Crippen LogP contribution in [0.3, 0.4) is 0 Å². The van der Waals surface area contributed by atoms with Crippen LogP contribution in [0.5, 0.6) is 0 Å². The molecule has 2 N–H and O–H groups in total. The predicted octanol–water partition coefficient (Wildman–Crippen LogP) is 1.90. The Hall–Kier alpha value is -0.120. The van der Waals surface area contributed by atoms with Gasteiger partial charge >= 0.3 is 0 Å². The number of ether oxygens (including phenoxy) is 1. The number of aliphatic imine (C=N–C) groups is 1. The highest BCUT2D eigenvalue weighted by molar-refractivity contribution is 14.0. The van der Waals surface area contributed by atoms with Crippen molar-refractivity contribution in [2.75, 3.05) is 53.5 Å². The Bertz CT molecular complexity index is 430. The van der Waals surface area contributed by atoms with E-state index in [1.165, 1.54) is 64.6 Å². The maximum atomic E-state index is 5.24. The second-order valence-electron chi connectivity index (χ2n) is 7.84. The Kier molecular flexibility index (Phi) is 9.94. The minimum Gasteiger partial charge on any atom is -0.383 e. The highest BCUT2D eigenvalue weighted by Crippen LogP contribution is 2.26. The largest absolute Gasteiger partial charge is 0.383 e. The van der Waals surface area contributed by atoms with Gasteiger partial charge in [0.15, 0.2) is 5.96 Å². The first kappa shape index (κ1) is 22.2. The van der Waals surface area contributed by atoms with Crippen LogP contribution in [0.25, 0.3) is 0 Å². The summed E-state index contributed by atoms with van der Waals surface area (Å²) in [4.78, 5) is 9.69. The van der Waals surface area contributed by atoms with Crippen LogP contribution in [-0.2, 0) is 4.74 Å². The van der Waals surface area contributed by atoms with E-state index in [1.807, 2.05) is 7.05 Å². The van der Waals surface area contributed by atoms with Gasteiger partial charge in [0.05, 0.1) is 6.61 Å². The Morgan fingerprint density at radius 3 is 2.65 bits per heavy atom. The van der Waals surface area contributed by atoms with E-state index in [0.29, 0.717) is 12.1 Å². The minimum atomic E-state index is 0. The van der Waals surface area contributed by atoms with Crippen molar-refractivity contribution in [2.45, 2.75) is 63.1 Å². The maximum Gasteiger partial charge on any atom is 0.191 e. The number of halogens is 1. The Balaban J connectivity index is 0.00000243. The van der Waals surface area contributed by atoms with Crippen molar-refractivity contribution in [2.24, 2.45) is 4.99 Å². The van der Waals surface area contributed by atoms with Crippen molar-refractivity contribution in [3.8, 4) is 0 Å². The number of hydrogen-bond donors (Lipinski definition) is 2. The van der Waals surface area contributed by atoms with E-state index in [2.05, 4.69) is 25.4 Å². The molecule has 26 heavy (non-hydrogen) atoms. The van der Waals surface area contributed by atoms with E-state index in [-0.39, 0.29) is 24.0 Å². The van der Waals surface area contributed by atoms with Crippen LogP contribution in [0.1, 0.15) is 44.9 Å². The summed E-state index contributed by atoms with van der Waals surface area (Å²) in [5.74, 6) is 0.969. The zero-order chi connectivity index (χ0) is 17.5. The molecule has 0 spiro atoms. The summed E-state index contributed by atoms with van der Waals surface area (Å²) in [6.45, 7) is 6.45. The first-order valence-electron chi connectivity index (χ1n) is 10.2. The Labute approximate surface area is 176 Å². The van der Waals surface area contributed by atoms with Gasteiger partial charge in [-0.1, -0.05) is 12.8 Å². The molecule has 2 aliphatic heterocycles. The lowest BCUT2D eigenvalue weighted by atomic mass is 10.2. The molecule has 152 valence electrons. The van der Waals surface area contributed by atoms with Crippen molar-refractivity contribution in [3.05, 3.63) is 0 Å². The zero-order valence-electron chi connectivity index (χ0n) is 16.6. The third-order valence-electron chi connectivity index (χ3n) is 6.21. The molecule has 1 aliphatic carbocycles. The van der Waals surface area contributed by atoms with Gasteiger partial charge in [-0.15, -0.1) is 24.0 Å². The van der Waals surface area contributed by atoms with Crippen LogP contribution in [0.15, 0.2) is 4.99 Å². The lowest BCUT2D eigenvalue weighted by Crippen LogP contribution is -2.49. The van der Waals surface area contributed by atoms with Gasteiger partial charge in [0, 0.05) is 58.5 Å². The quantitative estimate of drug-likeness (QED) is 0.332. The molecule has 0 aromatic carbocycles. The lowest BCUT2D eigenvalue weighted by molar-refractivity contribution is 0.141. The van der Waals surface area contributed by atoms with Crippen molar-refractivity contribution < 1.29 is 4.74 Å². The fourth-order valence-electron chi connectivity index (χ4n) is 4.74. The van der Waals surface area contributed by atoms with Crippen LogP contribution < -0.4 is 10.6 Å². The molecule has 0 aromatic rings. The molecule has 2 unspecified atom stereocenters. The average molecular weight is 479 g/mol. The average Bonchev–Trinajstić information content (AvgIpc) is 3.38. The number of nitrogens with one attached hydrogen (secondary N) is 2. The number of likely N-dealkylation sites (tertiary alicyclic amines) is 2. The van der Waals surface area contributed by atoms with E-state index in [4.69, 9.17) is 4.74 Å². The first-order chi connectivity index (χ1) is 12.3. The second-order valence-corrected chi connectivity index (χ2v) is 7.84. The molecule has 2 atom stereocenters. The Morgan fingerprint density at radius 2 is 1.92 bits per heavy atom. The van der Waals surface area contributed by atoms with Crippen molar-refractivity contribution in [1.82, 2.24) is 20.4 Å². The summed E-state index contributed by atoms with van der Waals surface area (Å²) < 4.78 is 5.24. The molecule has 0 amide bonds. The number of nitrogens with zero attached hydrogens (tertiary/aromatic N) is 3. The van der Waals surface area contributed by atoms with Gasteiger partial charge in [-0.2, -0.15) is 0 Å². The van der Waals surface area contributed by atoms with Gasteiger partial charge in [0.25, 0.3) is 0 Å². The number of hydrogen-bond acceptors (Lipinski definition) is 4. The zero-order valence-corrected chi connectivity index (χ0v) is 18.9. The fraction of sp³-hybridized carbons (Fsp3) is 0.947. The topological polar surface area (TPSA) is 52.1 Å². The van der Waals surface area contributed by atoms with Gasteiger partial charge < -0.3 is 15.4 Å². The molecule has 6 nitrogen and oxygen atoms in total. The number of rotatable bonds is 7. The predicted molar refractivity (Wildman–Crippen MR) is 119 cm³/mol. The molecule has 3 rings (SSSR count). The van der Waals surface area contributed by atoms with Crippen LogP contribution in [-0.4, -0.2) is 87.4 Å². The van der Waals surface area contributed by atoms with E-state index in [9.17, 15) is 0 Å². The highest BCUT2D eigenvalue weighted by Gasteiger charge is 2.30. The van der Waals surface area contributed by atoms with Gasteiger partial charge in [0.2, 0.25) is 0 Å². The third kappa shape index (κ3) is 6.21. The molecule has 2 saturated heterocycles. The van der Waals surface area contributed by atoms with Crippen molar-refractivity contribution in [1.29, 1.82) is 0 Å². The fourth-order valence-corrected chi connectivity index (χ4v) is 4.74. The van der Waals surface area contributed by atoms with Gasteiger partial charge in [-0.25, -0.2) is 0 Å². The standard InChI is InChI=1S/C19H37N5O.HI/c1-20-19(21-14-18-8-5-10-23(18)12-13-25-2)22-16-9-11-24(15-16)17-6-3-4-7-17;/h16-18H,3-15H2,1-2H3,(H2,20,21,22);1H. The molecule has 0 radical (unpaired) electrons. The molecule has 1 saturated carbocycles. The van der Waals surface area contributed by atoms with Gasteiger partial charge in [0.1, 0.15) is 0 Å². The summed E-state index contributed by atoms with van der Waals surface area (Å²) in [6.07, 6.45) is 9.44. The summed E-state index contributed by atoms with van der Waals surface area (Å²) >= 11 is 0. The molecule has 0 bridgehead atoms. The monoisotopic (exact) mass is 479 g/mol. The van der Waals surface area contributed by atoms with Crippen LogP contribution in [0, 0.1) is 0 Å². The van der Waals surface area contributed by atoms with E-state index in [0.717, 1.165) is 31.7 Å². The molecular weight excluding hydrogens is 441 g/mol. The third-order valence-corrected chi connectivity index (χ3v) is 6.21. The van der Waals surface area contributed by atoms with Crippen LogP contribution >= 0.6 is 24.0 Å². The SMILES string of the molecule is CN=C(NCC1CCCN1CCOC)NC1CCN(C2CCCC2)C1.I. The normalized spacial score (nSPS) is 28.5. The van der Waals surface area contributed by atoms with Gasteiger partial charge in [-0.3, -0.25) is 14.8 Å². The van der Waals surface area contributed by atoms with Crippen LogP contribution in [0.4, 0.5) is 0 Å². The summed E-state index contributed by atoms with van der Waals surface area (Å²) in [6, 6.07) is 1.99. The minimum absolute atomic E-state index is 0. The molecule has 0 aromatic heterocycles. The number of guanidine groups is 1. The van der Waals surface area contributed by atoms with Crippen LogP contribution in [0.2, 0.25) is 0 Å². The Morgan fingerprint density at radius 1 is 1.12 bits per heavy atom. The summed E-state index contributed by atoms with van der Waals surface area (Å²) in [7, 11) is 3.67. The smallest absolute Gasteiger partial charge is 0.191 e. The summed E-state index contributed by atoms with van der Waals surface area (Å²) in [5, 5.41) is 7.22. The molecule has 3 aliphatic rings. The molecular formula is C19H38IN5O.